The van der Waals surface area contributed by atoms with E-state index in [1.807, 2.05) is 24.0 Å². The molecule has 0 bridgehead atoms. The maximum Gasteiger partial charge on any atom is 0.354 e. The highest BCUT2D eigenvalue weighted by atomic mass is 16.4. The third-order valence-electron chi connectivity index (χ3n) is 2.65. The van der Waals surface area contributed by atoms with Crippen molar-refractivity contribution in [3.63, 3.8) is 0 Å². The Hall–Kier alpha value is -2.37. The molecule has 0 saturated carbocycles. The van der Waals surface area contributed by atoms with Gasteiger partial charge in [0.1, 0.15) is 5.76 Å². The monoisotopic (exact) mass is 261 g/mol. The fourth-order valence-corrected chi connectivity index (χ4v) is 1.72. The summed E-state index contributed by atoms with van der Waals surface area (Å²) in [5.41, 5.74) is 0.626. The van der Waals surface area contributed by atoms with Crippen LogP contribution in [0.1, 0.15) is 28.9 Å². The molecule has 6 heteroatoms. The first-order chi connectivity index (χ1) is 9.10. The van der Waals surface area contributed by atoms with Crippen LogP contribution in [0, 0.1) is 6.92 Å². The van der Waals surface area contributed by atoms with E-state index in [9.17, 15) is 4.79 Å². The van der Waals surface area contributed by atoms with Crippen LogP contribution in [0.25, 0.3) is 0 Å². The molecule has 0 unspecified atom stereocenters. The number of anilines is 1. The molecule has 0 radical (unpaired) electrons. The Balaban J connectivity index is 2.29. The summed E-state index contributed by atoms with van der Waals surface area (Å²) in [6.07, 6.45) is 1.60. The number of aromatic nitrogens is 2. The van der Waals surface area contributed by atoms with Crippen molar-refractivity contribution < 1.29 is 14.3 Å². The number of hydrogen-bond donors (Lipinski definition) is 1. The summed E-state index contributed by atoms with van der Waals surface area (Å²) in [5.74, 6) is 0.126. The van der Waals surface area contributed by atoms with E-state index in [2.05, 4.69) is 9.97 Å². The van der Waals surface area contributed by atoms with Crippen LogP contribution in [0.2, 0.25) is 0 Å². The Kier molecular flexibility index (Phi) is 3.79. The average molecular weight is 261 g/mol. The number of carboxylic acids is 1. The maximum atomic E-state index is 11.0. The lowest BCUT2D eigenvalue weighted by Crippen LogP contribution is -2.25. The third-order valence-corrected chi connectivity index (χ3v) is 2.65. The molecule has 0 aliphatic carbocycles. The van der Waals surface area contributed by atoms with Gasteiger partial charge in [0.05, 0.1) is 12.8 Å². The summed E-state index contributed by atoms with van der Waals surface area (Å²) in [6.45, 7) is 4.86. The predicted molar refractivity (Wildman–Crippen MR) is 69.2 cm³/mol. The molecule has 0 atom stereocenters. The van der Waals surface area contributed by atoms with Crippen LogP contribution in [0.15, 0.2) is 28.9 Å². The van der Waals surface area contributed by atoms with Crippen LogP contribution >= 0.6 is 0 Å². The van der Waals surface area contributed by atoms with Gasteiger partial charge < -0.3 is 14.4 Å². The van der Waals surface area contributed by atoms with Gasteiger partial charge in [0.25, 0.3) is 0 Å². The molecule has 2 rings (SSSR count). The van der Waals surface area contributed by atoms with E-state index in [1.165, 1.54) is 6.07 Å². The lowest BCUT2D eigenvalue weighted by molar-refractivity contribution is 0.0690. The van der Waals surface area contributed by atoms with Crippen LogP contribution in [-0.2, 0) is 6.54 Å². The fraction of sp³-hybridized carbons (Fsp3) is 0.308. The van der Waals surface area contributed by atoms with Gasteiger partial charge in [-0.15, -0.1) is 0 Å². The van der Waals surface area contributed by atoms with Gasteiger partial charge in [-0.3, -0.25) is 0 Å². The summed E-state index contributed by atoms with van der Waals surface area (Å²) in [6, 6.07) is 5.12. The first-order valence-electron chi connectivity index (χ1n) is 5.96. The van der Waals surface area contributed by atoms with Gasteiger partial charge in [-0.05, 0) is 32.0 Å². The zero-order chi connectivity index (χ0) is 13.8. The molecule has 0 amide bonds. The van der Waals surface area contributed by atoms with Crippen molar-refractivity contribution in [1.82, 2.24) is 9.97 Å². The first-order valence-corrected chi connectivity index (χ1v) is 5.96. The van der Waals surface area contributed by atoms with Crippen molar-refractivity contribution in [3.05, 3.63) is 41.6 Å². The van der Waals surface area contributed by atoms with Crippen LogP contribution in [0.3, 0.4) is 0 Å². The van der Waals surface area contributed by atoms with E-state index in [0.717, 1.165) is 5.76 Å². The molecule has 0 aromatic carbocycles. The van der Waals surface area contributed by atoms with Gasteiger partial charge in [0.15, 0.2) is 5.69 Å². The van der Waals surface area contributed by atoms with Crippen LogP contribution < -0.4 is 4.90 Å². The number of furan rings is 1. The quantitative estimate of drug-likeness (QED) is 0.887. The summed E-state index contributed by atoms with van der Waals surface area (Å²) < 4.78 is 5.28. The van der Waals surface area contributed by atoms with Gasteiger partial charge in [0.2, 0.25) is 5.95 Å². The van der Waals surface area contributed by atoms with Gasteiger partial charge in [-0.1, -0.05) is 0 Å². The van der Waals surface area contributed by atoms with Crippen molar-refractivity contribution in [2.45, 2.75) is 20.4 Å². The molecule has 0 aliphatic rings. The zero-order valence-electron chi connectivity index (χ0n) is 10.8. The number of aromatic carboxylic acids is 1. The van der Waals surface area contributed by atoms with Crippen molar-refractivity contribution >= 4 is 11.9 Å². The topological polar surface area (TPSA) is 79.5 Å². The van der Waals surface area contributed by atoms with Crippen molar-refractivity contribution in [1.29, 1.82) is 0 Å². The second kappa shape index (κ2) is 5.51. The SMILES string of the molecule is CCN(Cc1ccco1)c1nc(C)cc(C(=O)O)n1. The van der Waals surface area contributed by atoms with Crippen molar-refractivity contribution in [2.75, 3.05) is 11.4 Å². The number of nitrogens with zero attached hydrogens (tertiary/aromatic N) is 3. The summed E-state index contributed by atoms with van der Waals surface area (Å²) in [7, 11) is 0. The molecule has 0 aliphatic heterocycles. The largest absolute Gasteiger partial charge is 0.477 e. The van der Waals surface area contributed by atoms with Crippen LogP contribution in [0.5, 0.6) is 0 Å². The standard InChI is InChI=1S/C13H15N3O3/c1-3-16(8-10-5-4-6-19-10)13-14-9(2)7-11(15-13)12(17)18/h4-7H,3,8H2,1-2H3,(H,17,18). The van der Waals surface area contributed by atoms with E-state index in [1.54, 1.807) is 13.2 Å². The van der Waals surface area contributed by atoms with Gasteiger partial charge in [-0.25, -0.2) is 14.8 Å². The molecule has 0 spiro atoms. The highest BCUT2D eigenvalue weighted by molar-refractivity contribution is 5.85. The average Bonchev–Trinajstić information content (AvgIpc) is 2.88. The molecule has 6 nitrogen and oxygen atoms in total. The van der Waals surface area contributed by atoms with Crippen molar-refractivity contribution in [3.8, 4) is 0 Å². The first kappa shape index (κ1) is 13.1. The minimum Gasteiger partial charge on any atom is -0.477 e. The molecule has 2 aromatic rings. The normalized spacial score (nSPS) is 10.4. The summed E-state index contributed by atoms with van der Waals surface area (Å²) in [4.78, 5) is 21.2. The van der Waals surface area contributed by atoms with Crippen LogP contribution in [-0.4, -0.2) is 27.6 Å². The van der Waals surface area contributed by atoms with E-state index in [4.69, 9.17) is 9.52 Å². The molecular formula is C13H15N3O3. The summed E-state index contributed by atoms with van der Waals surface area (Å²) >= 11 is 0. The van der Waals surface area contributed by atoms with Gasteiger partial charge >= 0.3 is 5.97 Å². The number of carboxylic acid groups (broad SMARTS) is 1. The molecule has 0 saturated heterocycles. The Bertz CT molecular complexity index is 567. The Morgan fingerprint density at radius 3 is 2.84 bits per heavy atom. The lowest BCUT2D eigenvalue weighted by Gasteiger charge is -2.20. The van der Waals surface area contributed by atoms with Gasteiger partial charge in [-0.2, -0.15) is 0 Å². The minimum absolute atomic E-state index is 0.000366. The highest BCUT2D eigenvalue weighted by Crippen LogP contribution is 2.14. The lowest BCUT2D eigenvalue weighted by atomic mass is 10.3. The fourth-order valence-electron chi connectivity index (χ4n) is 1.72. The van der Waals surface area contributed by atoms with E-state index in [-0.39, 0.29) is 5.69 Å². The maximum absolute atomic E-state index is 11.0. The summed E-state index contributed by atoms with van der Waals surface area (Å²) in [5, 5.41) is 9.02. The molecular weight excluding hydrogens is 246 g/mol. The second-order valence-electron chi connectivity index (χ2n) is 4.09. The molecule has 19 heavy (non-hydrogen) atoms. The molecule has 1 N–H and O–H groups in total. The molecule has 2 heterocycles. The Labute approximate surface area is 110 Å². The number of aryl methyl sites for hydroxylation is 1. The number of rotatable bonds is 5. The van der Waals surface area contributed by atoms with E-state index in [0.29, 0.717) is 24.7 Å². The minimum atomic E-state index is -1.05. The second-order valence-corrected chi connectivity index (χ2v) is 4.09. The predicted octanol–water partition coefficient (Wildman–Crippen LogP) is 2.10. The van der Waals surface area contributed by atoms with Gasteiger partial charge in [0, 0.05) is 12.2 Å². The number of hydrogen-bond acceptors (Lipinski definition) is 5. The number of carbonyl (C=O) groups is 1. The van der Waals surface area contributed by atoms with Crippen molar-refractivity contribution in [2.24, 2.45) is 0 Å². The smallest absolute Gasteiger partial charge is 0.354 e. The Morgan fingerprint density at radius 2 is 2.26 bits per heavy atom. The molecule has 100 valence electrons. The van der Waals surface area contributed by atoms with Crippen LogP contribution in [0.4, 0.5) is 5.95 Å². The third kappa shape index (κ3) is 3.09. The highest BCUT2D eigenvalue weighted by Gasteiger charge is 2.14. The van der Waals surface area contributed by atoms with E-state index < -0.39 is 5.97 Å². The molecule has 0 fully saturated rings. The van der Waals surface area contributed by atoms with E-state index >= 15 is 0 Å². The molecule has 2 aromatic heterocycles. The zero-order valence-corrected chi connectivity index (χ0v) is 10.8. The Morgan fingerprint density at radius 1 is 1.47 bits per heavy atom.